The lowest BCUT2D eigenvalue weighted by atomic mass is 10.3. The summed E-state index contributed by atoms with van der Waals surface area (Å²) < 4.78 is 0.978. The Kier molecular flexibility index (Phi) is 4.35. The number of aliphatic hydroxyl groups is 1. The van der Waals surface area contributed by atoms with E-state index in [9.17, 15) is 0 Å². The molecule has 0 radical (unpaired) electrons. The Balaban J connectivity index is 2.41. The molecule has 0 amide bonds. The minimum Gasteiger partial charge on any atom is -0.395 e. The Morgan fingerprint density at radius 3 is 2.92 bits per heavy atom. The zero-order valence-corrected chi connectivity index (χ0v) is 9.08. The largest absolute Gasteiger partial charge is 0.395 e. The van der Waals surface area contributed by atoms with E-state index in [1.807, 2.05) is 19.1 Å². The van der Waals surface area contributed by atoms with E-state index in [-0.39, 0.29) is 12.6 Å². The van der Waals surface area contributed by atoms with Crippen LogP contribution in [0.15, 0.2) is 22.8 Å². The fourth-order valence-corrected chi connectivity index (χ4v) is 1.09. The zero-order chi connectivity index (χ0) is 9.68. The van der Waals surface area contributed by atoms with Gasteiger partial charge >= 0.3 is 0 Å². The molecule has 1 aromatic heterocycles. The van der Waals surface area contributed by atoms with Crippen molar-refractivity contribution in [3.63, 3.8) is 0 Å². The van der Waals surface area contributed by atoms with Crippen molar-refractivity contribution in [1.29, 1.82) is 0 Å². The van der Waals surface area contributed by atoms with Crippen molar-refractivity contribution in [1.82, 2.24) is 10.3 Å². The fourth-order valence-electron chi connectivity index (χ4n) is 0.854. The third-order valence-corrected chi connectivity index (χ3v) is 2.16. The van der Waals surface area contributed by atoms with Gasteiger partial charge in [-0.15, -0.1) is 0 Å². The van der Waals surface area contributed by atoms with Crippen LogP contribution in [-0.2, 0) is 6.54 Å². The van der Waals surface area contributed by atoms with Crippen molar-refractivity contribution >= 4 is 15.9 Å². The van der Waals surface area contributed by atoms with Gasteiger partial charge in [-0.1, -0.05) is 0 Å². The molecule has 1 rings (SSSR count). The van der Waals surface area contributed by atoms with Crippen molar-refractivity contribution in [3.05, 3.63) is 28.5 Å². The number of rotatable bonds is 4. The molecule has 0 fully saturated rings. The fraction of sp³-hybridized carbons (Fsp3) is 0.444. The molecule has 1 aromatic rings. The number of pyridine rings is 1. The van der Waals surface area contributed by atoms with Gasteiger partial charge < -0.3 is 10.4 Å². The smallest absolute Gasteiger partial charge is 0.0582 e. The van der Waals surface area contributed by atoms with Gasteiger partial charge in [-0.25, -0.2) is 0 Å². The lowest BCUT2D eigenvalue weighted by Gasteiger charge is -2.09. The summed E-state index contributed by atoms with van der Waals surface area (Å²) >= 11 is 3.32. The predicted octanol–water partition coefficient (Wildman–Crippen LogP) is 1.31. The van der Waals surface area contributed by atoms with E-state index in [0.29, 0.717) is 6.54 Å². The summed E-state index contributed by atoms with van der Waals surface area (Å²) in [7, 11) is 0. The quantitative estimate of drug-likeness (QED) is 0.840. The Morgan fingerprint density at radius 2 is 2.38 bits per heavy atom. The summed E-state index contributed by atoms with van der Waals surface area (Å²) in [6.07, 6.45) is 1.76. The van der Waals surface area contributed by atoms with Gasteiger partial charge in [-0.3, -0.25) is 4.98 Å². The molecule has 0 unspecified atom stereocenters. The predicted molar refractivity (Wildman–Crippen MR) is 55.3 cm³/mol. The first-order chi connectivity index (χ1) is 6.22. The van der Waals surface area contributed by atoms with Gasteiger partial charge in [0.1, 0.15) is 0 Å². The van der Waals surface area contributed by atoms with Gasteiger partial charge in [-0.05, 0) is 35.0 Å². The highest BCUT2D eigenvalue weighted by molar-refractivity contribution is 9.10. The van der Waals surface area contributed by atoms with Gasteiger partial charge in [0.25, 0.3) is 0 Å². The molecule has 72 valence electrons. The lowest BCUT2D eigenvalue weighted by Crippen LogP contribution is -2.28. The molecule has 0 aliphatic heterocycles. The van der Waals surface area contributed by atoms with E-state index >= 15 is 0 Å². The highest BCUT2D eigenvalue weighted by Gasteiger charge is 1.99. The summed E-state index contributed by atoms with van der Waals surface area (Å²) in [6, 6.07) is 4.01. The average molecular weight is 245 g/mol. The van der Waals surface area contributed by atoms with E-state index in [2.05, 4.69) is 26.2 Å². The molecule has 0 aliphatic carbocycles. The van der Waals surface area contributed by atoms with Crippen molar-refractivity contribution in [2.45, 2.75) is 19.5 Å². The number of halogens is 1. The number of hydrogen-bond acceptors (Lipinski definition) is 3. The molecule has 0 saturated heterocycles. The summed E-state index contributed by atoms with van der Waals surface area (Å²) in [6.45, 7) is 2.77. The molecule has 1 atom stereocenters. The van der Waals surface area contributed by atoms with Crippen LogP contribution in [-0.4, -0.2) is 22.7 Å². The second kappa shape index (κ2) is 5.32. The molecule has 4 heteroatoms. The van der Waals surface area contributed by atoms with Crippen molar-refractivity contribution in [3.8, 4) is 0 Å². The molecule has 0 aromatic carbocycles. The van der Waals surface area contributed by atoms with Crippen molar-refractivity contribution < 1.29 is 5.11 Å². The summed E-state index contributed by atoms with van der Waals surface area (Å²) in [5, 5.41) is 11.9. The maximum absolute atomic E-state index is 8.77. The Labute approximate surface area is 86.3 Å². The van der Waals surface area contributed by atoms with E-state index in [1.165, 1.54) is 0 Å². The minimum absolute atomic E-state index is 0.116. The highest BCUT2D eigenvalue weighted by Crippen LogP contribution is 2.07. The first-order valence-electron chi connectivity index (χ1n) is 4.17. The van der Waals surface area contributed by atoms with Gasteiger partial charge in [-0.2, -0.15) is 0 Å². The highest BCUT2D eigenvalue weighted by atomic mass is 79.9. The molecule has 3 nitrogen and oxygen atoms in total. The average Bonchev–Trinajstić information content (AvgIpc) is 2.16. The molecular weight excluding hydrogens is 232 g/mol. The third kappa shape index (κ3) is 3.85. The van der Waals surface area contributed by atoms with Crippen LogP contribution in [0, 0.1) is 0 Å². The molecule has 0 aliphatic rings. The van der Waals surface area contributed by atoms with Crippen LogP contribution in [0.1, 0.15) is 12.6 Å². The molecular formula is C9H13BrN2O. The minimum atomic E-state index is 0.116. The second-order valence-corrected chi connectivity index (χ2v) is 3.85. The van der Waals surface area contributed by atoms with Crippen LogP contribution in [0.5, 0.6) is 0 Å². The van der Waals surface area contributed by atoms with E-state index < -0.39 is 0 Å². The summed E-state index contributed by atoms with van der Waals surface area (Å²) in [5.41, 5.74) is 0.975. The van der Waals surface area contributed by atoms with Crippen LogP contribution in [0.3, 0.4) is 0 Å². The first-order valence-corrected chi connectivity index (χ1v) is 4.96. The third-order valence-electron chi connectivity index (χ3n) is 1.69. The van der Waals surface area contributed by atoms with Gasteiger partial charge in [0.2, 0.25) is 0 Å². The molecule has 13 heavy (non-hydrogen) atoms. The maximum Gasteiger partial charge on any atom is 0.0582 e. The standard InChI is InChI=1S/C9H13BrN2O/c1-7(6-13)11-5-9-3-2-8(10)4-12-9/h2-4,7,11,13H,5-6H2,1H3/t7-/m1/s1. The van der Waals surface area contributed by atoms with Crippen molar-refractivity contribution in [2.24, 2.45) is 0 Å². The summed E-state index contributed by atoms with van der Waals surface area (Å²) in [5.74, 6) is 0. The second-order valence-electron chi connectivity index (χ2n) is 2.93. The van der Waals surface area contributed by atoms with Gasteiger partial charge in [0.05, 0.1) is 12.3 Å². The number of aromatic nitrogens is 1. The van der Waals surface area contributed by atoms with E-state index in [4.69, 9.17) is 5.11 Å². The molecule has 0 saturated carbocycles. The van der Waals surface area contributed by atoms with Gasteiger partial charge in [0, 0.05) is 23.3 Å². The summed E-state index contributed by atoms with van der Waals surface area (Å²) in [4.78, 5) is 4.19. The van der Waals surface area contributed by atoms with Gasteiger partial charge in [0.15, 0.2) is 0 Å². The number of nitrogens with zero attached hydrogens (tertiary/aromatic N) is 1. The zero-order valence-electron chi connectivity index (χ0n) is 7.50. The van der Waals surface area contributed by atoms with Crippen LogP contribution in [0.4, 0.5) is 0 Å². The van der Waals surface area contributed by atoms with Crippen LogP contribution in [0.25, 0.3) is 0 Å². The normalized spacial score (nSPS) is 12.8. The first kappa shape index (κ1) is 10.6. The SMILES string of the molecule is C[C@H](CO)NCc1ccc(Br)cn1. The van der Waals surface area contributed by atoms with E-state index in [0.717, 1.165) is 10.2 Å². The Hall–Kier alpha value is -0.450. The van der Waals surface area contributed by atoms with Crippen LogP contribution < -0.4 is 5.32 Å². The number of aliphatic hydroxyl groups excluding tert-OH is 1. The molecule has 2 N–H and O–H groups in total. The molecule has 0 bridgehead atoms. The van der Waals surface area contributed by atoms with E-state index in [1.54, 1.807) is 6.20 Å². The molecule has 0 spiro atoms. The number of nitrogens with one attached hydrogen (secondary N) is 1. The number of hydrogen-bond donors (Lipinski definition) is 2. The maximum atomic E-state index is 8.77. The molecule has 1 heterocycles. The van der Waals surface area contributed by atoms with Crippen molar-refractivity contribution in [2.75, 3.05) is 6.61 Å². The monoisotopic (exact) mass is 244 g/mol. The Morgan fingerprint density at radius 1 is 1.62 bits per heavy atom. The van der Waals surface area contributed by atoms with Crippen LogP contribution >= 0.6 is 15.9 Å². The Bertz CT molecular complexity index is 250. The lowest BCUT2D eigenvalue weighted by molar-refractivity contribution is 0.250. The van der Waals surface area contributed by atoms with Crippen LogP contribution in [0.2, 0.25) is 0 Å². The topological polar surface area (TPSA) is 45.1 Å².